The minimum Gasteiger partial charge on any atom is -0.507 e. The molecule has 0 saturated heterocycles. The summed E-state index contributed by atoms with van der Waals surface area (Å²) < 4.78 is 11.4. The number of carbonyl (C=O) groups is 1. The molecule has 2 aromatic carbocycles. The largest absolute Gasteiger partial charge is 0.507 e. The van der Waals surface area contributed by atoms with E-state index in [9.17, 15) is 20.1 Å². The fourth-order valence-electron chi connectivity index (χ4n) is 3.73. The summed E-state index contributed by atoms with van der Waals surface area (Å²) in [5.74, 6) is -0.0979. The zero-order chi connectivity index (χ0) is 23.6. The molecule has 0 amide bonds. The van der Waals surface area contributed by atoms with Crippen LogP contribution < -0.4 is 9.47 Å². The van der Waals surface area contributed by atoms with Crippen LogP contribution in [0.1, 0.15) is 67.3 Å². The summed E-state index contributed by atoms with van der Waals surface area (Å²) in [6.07, 6.45) is 3.88. The quantitative estimate of drug-likeness (QED) is 0.513. The van der Waals surface area contributed by atoms with Crippen LogP contribution in [0.25, 0.3) is 0 Å². The molecule has 170 valence electrons. The lowest BCUT2D eigenvalue weighted by Crippen LogP contribution is -2.22. The predicted octanol–water partition coefficient (Wildman–Crippen LogP) is 5.54. The molecule has 0 saturated carbocycles. The van der Waals surface area contributed by atoms with Gasteiger partial charge in [0.1, 0.15) is 28.9 Å². The summed E-state index contributed by atoms with van der Waals surface area (Å²) in [4.78, 5) is 13.2. The van der Waals surface area contributed by atoms with E-state index in [4.69, 9.17) is 9.47 Å². The lowest BCUT2D eigenvalue weighted by Gasteiger charge is -2.29. The highest BCUT2D eigenvalue weighted by Crippen LogP contribution is 2.49. The van der Waals surface area contributed by atoms with Gasteiger partial charge in [-0.05, 0) is 58.2 Å². The van der Waals surface area contributed by atoms with Crippen molar-refractivity contribution in [3.8, 4) is 28.7 Å². The molecule has 6 nitrogen and oxygen atoms in total. The van der Waals surface area contributed by atoms with E-state index in [1.54, 1.807) is 12.1 Å². The molecule has 6 heteroatoms. The number of phenols is 3. The summed E-state index contributed by atoms with van der Waals surface area (Å²) in [5.41, 5.74) is 3.65. The molecule has 1 aliphatic rings. The van der Waals surface area contributed by atoms with Gasteiger partial charge < -0.3 is 24.8 Å². The number of ether oxygens (including phenoxy) is 2. The van der Waals surface area contributed by atoms with Gasteiger partial charge >= 0.3 is 0 Å². The van der Waals surface area contributed by atoms with E-state index in [2.05, 4.69) is 0 Å². The van der Waals surface area contributed by atoms with Crippen LogP contribution in [0.15, 0.2) is 41.5 Å². The van der Waals surface area contributed by atoms with Crippen molar-refractivity contribution in [3.63, 3.8) is 0 Å². The molecule has 3 N–H and O–H groups in total. The Bertz CT molecular complexity index is 1100. The SMILES string of the molecule is COc1cc([C@@H]2CC(=O)c3c(O)c(CC=C(C)C)c(O)c(CC=C(C)C)c3O2)ccc1O. The van der Waals surface area contributed by atoms with Crippen molar-refractivity contribution in [3.05, 3.63) is 63.8 Å². The first-order chi connectivity index (χ1) is 15.1. The third kappa shape index (κ3) is 4.59. The smallest absolute Gasteiger partial charge is 0.174 e. The van der Waals surface area contributed by atoms with Gasteiger partial charge in [-0.15, -0.1) is 0 Å². The Morgan fingerprint density at radius 1 is 1.03 bits per heavy atom. The number of benzene rings is 2. The van der Waals surface area contributed by atoms with Gasteiger partial charge in [-0.3, -0.25) is 4.79 Å². The van der Waals surface area contributed by atoms with Gasteiger partial charge in [0.05, 0.1) is 13.5 Å². The maximum Gasteiger partial charge on any atom is 0.174 e. The molecule has 0 radical (unpaired) electrons. The van der Waals surface area contributed by atoms with Gasteiger partial charge in [-0.2, -0.15) is 0 Å². The molecule has 32 heavy (non-hydrogen) atoms. The van der Waals surface area contributed by atoms with Gasteiger partial charge in [-0.1, -0.05) is 29.4 Å². The molecule has 3 rings (SSSR count). The van der Waals surface area contributed by atoms with Gasteiger partial charge in [-0.25, -0.2) is 0 Å². The molecule has 0 aromatic heterocycles. The Morgan fingerprint density at radius 3 is 2.25 bits per heavy atom. The lowest BCUT2D eigenvalue weighted by molar-refractivity contribution is 0.0841. The number of aromatic hydroxyl groups is 3. The van der Waals surface area contributed by atoms with E-state index in [1.165, 1.54) is 13.2 Å². The third-order valence-corrected chi connectivity index (χ3v) is 5.51. The van der Waals surface area contributed by atoms with Crippen LogP contribution in [-0.4, -0.2) is 28.2 Å². The van der Waals surface area contributed by atoms with Crippen molar-refractivity contribution >= 4 is 5.78 Å². The van der Waals surface area contributed by atoms with Crippen LogP contribution in [0.4, 0.5) is 0 Å². The van der Waals surface area contributed by atoms with E-state index in [1.807, 2.05) is 39.8 Å². The number of ketones is 1. The maximum absolute atomic E-state index is 13.2. The molecule has 0 spiro atoms. The molecule has 1 atom stereocenters. The Kier molecular flexibility index (Phi) is 6.82. The number of fused-ring (bicyclic) bond motifs is 1. The van der Waals surface area contributed by atoms with Crippen molar-refractivity contribution in [2.45, 2.75) is 53.1 Å². The second-order valence-electron chi connectivity index (χ2n) is 8.49. The number of carbonyl (C=O) groups excluding carboxylic acids is 1. The van der Waals surface area contributed by atoms with E-state index in [0.717, 1.165) is 11.1 Å². The van der Waals surface area contributed by atoms with Gasteiger partial charge in [0, 0.05) is 11.1 Å². The number of phenolic OH excluding ortho intramolecular Hbond substituents is 3. The minimum absolute atomic E-state index is 0.0118. The first kappa shape index (κ1) is 23.3. The van der Waals surface area contributed by atoms with E-state index >= 15 is 0 Å². The normalized spacial score (nSPS) is 14.9. The van der Waals surface area contributed by atoms with Crippen LogP contribution in [-0.2, 0) is 12.8 Å². The molecular weight excluding hydrogens is 408 g/mol. The number of rotatable bonds is 6. The number of allylic oxidation sites excluding steroid dienone is 4. The van der Waals surface area contributed by atoms with E-state index in [0.29, 0.717) is 29.5 Å². The average Bonchev–Trinajstić information content (AvgIpc) is 2.72. The predicted molar refractivity (Wildman–Crippen MR) is 123 cm³/mol. The summed E-state index contributed by atoms with van der Waals surface area (Å²) in [5, 5.41) is 31.9. The molecule has 0 unspecified atom stereocenters. The highest BCUT2D eigenvalue weighted by Gasteiger charge is 2.35. The highest BCUT2D eigenvalue weighted by molar-refractivity contribution is 6.04. The fraction of sp³-hybridized carbons (Fsp3) is 0.346. The summed E-state index contributed by atoms with van der Waals surface area (Å²) in [6.45, 7) is 7.76. The molecule has 0 aliphatic carbocycles. The van der Waals surface area contributed by atoms with Gasteiger partial charge in [0.15, 0.2) is 17.3 Å². The zero-order valence-corrected chi connectivity index (χ0v) is 19.2. The average molecular weight is 439 g/mol. The van der Waals surface area contributed by atoms with E-state index < -0.39 is 6.10 Å². The molecule has 1 heterocycles. The standard InChI is InChI=1S/C26H30O6/c1-14(2)6-9-17-24(29)18(10-7-15(3)4)26-23(25(17)30)20(28)13-21(32-26)16-8-11-19(27)22(12-16)31-5/h6-8,11-12,21,27,29-30H,9-10,13H2,1-5H3/t21-/m0/s1. The Labute approximate surface area is 188 Å². The topological polar surface area (TPSA) is 96.2 Å². The summed E-state index contributed by atoms with van der Waals surface area (Å²) in [7, 11) is 1.45. The van der Waals surface area contributed by atoms with Crippen molar-refractivity contribution < 1.29 is 29.6 Å². The lowest BCUT2D eigenvalue weighted by atomic mass is 9.89. The molecule has 0 fully saturated rings. The number of hydrogen-bond donors (Lipinski definition) is 3. The third-order valence-electron chi connectivity index (χ3n) is 5.51. The zero-order valence-electron chi connectivity index (χ0n) is 19.2. The Balaban J connectivity index is 2.16. The maximum atomic E-state index is 13.2. The first-order valence-corrected chi connectivity index (χ1v) is 10.6. The van der Waals surface area contributed by atoms with E-state index in [-0.39, 0.29) is 46.5 Å². The van der Waals surface area contributed by atoms with Crippen LogP contribution in [0.3, 0.4) is 0 Å². The Morgan fingerprint density at radius 2 is 1.66 bits per heavy atom. The van der Waals surface area contributed by atoms with Crippen molar-refractivity contribution in [2.24, 2.45) is 0 Å². The van der Waals surface area contributed by atoms with Crippen LogP contribution in [0, 0.1) is 0 Å². The van der Waals surface area contributed by atoms with Crippen molar-refractivity contribution in [1.29, 1.82) is 0 Å². The van der Waals surface area contributed by atoms with Crippen LogP contribution >= 0.6 is 0 Å². The second kappa shape index (κ2) is 9.39. The molecule has 1 aliphatic heterocycles. The molecular formula is C26H30O6. The highest BCUT2D eigenvalue weighted by atomic mass is 16.5. The monoisotopic (exact) mass is 438 g/mol. The van der Waals surface area contributed by atoms with Crippen LogP contribution in [0.5, 0.6) is 28.7 Å². The van der Waals surface area contributed by atoms with Crippen molar-refractivity contribution in [1.82, 2.24) is 0 Å². The number of methoxy groups -OCH3 is 1. The van der Waals surface area contributed by atoms with Crippen LogP contribution in [0.2, 0.25) is 0 Å². The first-order valence-electron chi connectivity index (χ1n) is 10.6. The number of Topliss-reactive ketones (excluding diaryl/α,β-unsaturated/α-hetero) is 1. The minimum atomic E-state index is -0.641. The van der Waals surface area contributed by atoms with Gasteiger partial charge in [0.2, 0.25) is 0 Å². The van der Waals surface area contributed by atoms with Gasteiger partial charge in [0.25, 0.3) is 0 Å². The molecule has 0 bridgehead atoms. The Hall–Kier alpha value is -3.41. The molecule has 2 aromatic rings. The number of hydrogen-bond acceptors (Lipinski definition) is 6. The van der Waals surface area contributed by atoms with Crippen molar-refractivity contribution in [2.75, 3.05) is 7.11 Å². The summed E-state index contributed by atoms with van der Waals surface area (Å²) >= 11 is 0. The summed E-state index contributed by atoms with van der Waals surface area (Å²) in [6, 6.07) is 4.77. The fourth-order valence-corrected chi connectivity index (χ4v) is 3.73. The second-order valence-corrected chi connectivity index (χ2v) is 8.49.